The van der Waals surface area contributed by atoms with Crippen molar-refractivity contribution in [1.29, 1.82) is 0 Å². The maximum atomic E-state index is 12.6. The lowest BCUT2D eigenvalue weighted by Gasteiger charge is -2.02. The predicted octanol–water partition coefficient (Wildman–Crippen LogP) is 3.63. The maximum absolute atomic E-state index is 12.6. The molecule has 0 bridgehead atoms. The van der Waals surface area contributed by atoms with Crippen LogP contribution in [0.4, 0.5) is 0 Å². The third-order valence-electron chi connectivity index (χ3n) is 4.46. The number of ketones is 1. The number of benzene rings is 1. The highest BCUT2D eigenvalue weighted by Gasteiger charge is 2.61. The van der Waals surface area contributed by atoms with Crippen molar-refractivity contribution in [2.45, 2.75) is 26.2 Å². The summed E-state index contributed by atoms with van der Waals surface area (Å²) in [6.45, 7) is 4.39. The van der Waals surface area contributed by atoms with Crippen molar-refractivity contribution in [1.82, 2.24) is 4.98 Å². The summed E-state index contributed by atoms with van der Waals surface area (Å²) in [5.74, 6) is 0.839. The van der Waals surface area contributed by atoms with E-state index in [1.807, 2.05) is 30.3 Å². The van der Waals surface area contributed by atoms with Crippen molar-refractivity contribution in [2.75, 3.05) is 0 Å². The van der Waals surface area contributed by atoms with E-state index in [0.717, 1.165) is 5.56 Å². The molecule has 0 saturated heterocycles. The second kappa shape index (κ2) is 4.86. The number of carbonyl (C=O) groups excluding carboxylic acids is 1. The summed E-state index contributed by atoms with van der Waals surface area (Å²) in [5, 5.41) is 0. The molecule has 2 nitrogen and oxygen atoms in total. The summed E-state index contributed by atoms with van der Waals surface area (Å²) in [4.78, 5) is 16.5. The van der Waals surface area contributed by atoms with E-state index < -0.39 is 0 Å². The average Bonchev–Trinajstić information content (AvgIpc) is 3.04. The maximum Gasteiger partial charge on any atom is 0.141 e. The standard InChI is InChI=1S/C18H19NO/c1-18(2)16(14-6-4-3-5-7-14)17(18)15(20)12-13-8-10-19-11-9-13/h3-11,16-17H,12H2,1-2H3/t16-,17-/m1/s1. The molecule has 0 N–H and O–H groups in total. The van der Waals surface area contributed by atoms with Crippen LogP contribution in [0, 0.1) is 11.3 Å². The highest BCUT2D eigenvalue weighted by atomic mass is 16.1. The second-order valence-corrected chi connectivity index (χ2v) is 6.19. The fourth-order valence-corrected chi connectivity index (χ4v) is 3.33. The Bertz CT molecular complexity index is 604. The number of rotatable bonds is 4. The van der Waals surface area contributed by atoms with Crippen LogP contribution in [0.3, 0.4) is 0 Å². The van der Waals surface area contributed by atoms with Gasteiger partial charge in [-0.15, -0.1) is 0 Å². The van der Waals surface area contributed by atoms with E-state index in [1.54, 1.807) is 12.4 Å². The van der Waals surface area contributed by atoms with Gasteiger partial charge >= 0.3 is 0 Å². The van der Waals surface area contributed by atoms with Crippen molar-refractivity contribution < 1.29 is 4.79 Å². The fourth-order valence-electron chi connectivity index (χ4n) is 3.33. The Hall–Kier alpha value is -1.96. The Morgan fingerprint density at radius 2 is 1.75 bits per heavy atom. The van der Waals surface area contributed by atoms with Gasteiger partial charge in [0.25, 0.3) is 0 Å². The largest absolute Gasteiger partial charge is 0.299 e. The predicted molar refractivity (Wildman–Crippen MR) is 79.4 cm³/mol. The zero-order valence-electron chi connectivity index (χ0n) is 11.9. The van der Waals surface area contributed by atoms with Gasteiger partial charge in [0.1, 0.15) is 5.78 Å². The van der Waals surface area contributed by atoms with Gasteiger partial charge in [0.2, 0.25) is 0 Å². The molecule has 102 valence electrons. The van der Waals surface area contributed by atoms with Gasteiger partial charge in [-0.1, -0.05) is 44.2 Å². The summed E-state index contributed by atoms with van der Waals surface area (Å²) in [7, 11) is 0. The van der Waals surface area contributed by atoms with Crippen molar-refractivity contribution in [3.63, 3.8) is 0 Å². The van der Waals surface area contributed by atoms with E-state index >= 15 is 0 Å². The molecule has 0 unspecified atom stereocenters. The Labute approximate surface area is 119 Å². The first-order valence-electron chi connectivity index (χ1n) is 7.07. The molecule has 1 aliphatic rings. The first kappa shape index (κ1) is 13.0. The van der Waals surface area contributed by atoms with Crippen LogP contribution in [0.1, 0.15) is 30.9 Å². The van der Waals surface area contributed by atoms with E-state index in [2.05, 4.69) is 31.0 Å². The molecular formula is C18H19NO. The van der Waals surface area contributed by atoms with Crippen molar-refractivity contribution in [3.05, 3.63) is 66.0 Å². The number of hydrogen-bond acceptors (Lipinski definition) is 2. The molecule has 20 heavy (non-hydrogen) atoms. The van der Waals surface area contributed by atoms with Crippen LogP contribution in [-0.4, -0.2) is 10.8 Å². The molecule has 1 heterocycles. The first-order chi connectivity index (χ1) is 9.60. The summed E-state index contributed by atoms with van der Waals surface area (Å²) < 4.78 is 0. The number of nitrogens with zero attached hydrogens (tertiary/aromatic N) is 1. The lowest BCUT2D eigenvalue weighted by Crippen LogP contribution is -2.09. The lowest BCUT2D eigenvalue weighted by molar-refractivity contribution is -0.120. The number of carbonyl (C=O) groups is 1. The quantitative estimate of drug-likeness (QED) is 0.845. The Balaban J connectivity index is 1.76. The van der Waals surface area contributed by atoms with Crippen molar-refractivity contribution >= 4 is 5.78 Å². The van der Waals surface area contributed by atoms with Crippen LogP contribution < -0.4 is 0 Å². The summed E-state index contributed by atoms with van der Waals surface area (Å²) >= 11 is 0. The number of Topliss-reactive ketones (excluding diaryl/α,β-unsaturated/α-hetero) is 1. The zero-order valence-corrected chi connectivity index (χ0v) is 11.9. The van der Waals surface area contributed by atoms with Crippen LogP contribution in [0.25, 0.3) is 0 Å². The highest BCUT2D eigenvalue weighted by Crippen LogP contribution is 2.64. The van der Waals surface area contributed by atoms with Gasteiger partial charge in [-0.05, 0) is 34.6 Å². The molecule has 2 aromatic rings. The van der Waals surface area contributed by atoms with E-state index in [0.29, 0.717) is 18.1 Å². The normalized spacial score (nSPS) is 23.3. The Kier molecular flexibility index (Phi) is 3.17. The first-order valence-corrected chi connectivity index (χ1v) is 7.07. The third-order valence-corrected chi connectivity index (χ3v) is 4.46. The minimum absolute atomic E-state index is 0.0749. The minimum atomic E-state index is 0.0749. The van der Waals surface area contributed by atoms with Crippen LogP contribution in [-0.2, 0) is 11.2 Å². The minimum Gasteiger partial charge on any atom is -0.299 e. The molecule has 1 aromatic heterocycles. The van der Waals surface area contributed by atoms with Crippen molar-refractivity contribution in [3.8, 4) is 0 Å². The molecule has 1 aromatic carbocycles. The molecule has 1 fully saturated rings. The monoisotopic (exact) mass is 265 g/mol. The van der Waals surface area contributed by atoms with Gasteiger partial charge < -0.3 is 0 Å². The number of pyridine rings is 1. The summed E-state index contributed by atoms with van der Waals surface area (Å²) in [6.07, 6.45) is 4.00. The fraction of sp³-hybridized carbons (Fsp3) is 0.333. The van der Waals surface area contributed by atoms with Crippen LogP contribution in [0.5, 0.6) is 0 Å². The van der Waals surface area contributed by atoms with E-state index in [4.69, 9.17) is 0 Å². The van der Waals surface area contributed by atoms with Gasteiger partial charge in [0.15, 0.2) is 0 Å². The number of aromatic nitrogens is 1. The van der Waals surface area contributed by atoms with E-state index in [9.17, 15) is 4.79 Å². The molecule has 1 aliphatic carbocycles. The third kappa shape index (κ3) is 2.26. The van der Waals surface area contributed by atoms with Gasteiger partial charge in [-0.3, -0.25) is 9.78 Å². The van der Waals surface area contributed by atoms with Crippen molar-refractivity contribution in [2.24, 2.45) is 11.3 Å². The van der Waals surface area contributed by atoms with Crippen LogP contribution in [0.15, 0.2) is 54.9 Å². The van der Waals surface area contributed by atoms with Gasteiger partial charge in [0, 0.05) is 24.7 Å². The molecule has 0 spiro atoms. The van der Waals surface area contributed by atoms with Gasteiger partial charge in [-0.25, -0.2) is 0 Å². The molecule has 0 radical (unpaired) electrons. The summed E-state index contributed by atoms with van der Waals surface area (Å²) in [6, 6.07) is 14.2. The second-order valence-electron chi connectivity index (χ2n) is 6.19. The molecule has 0 aliphatic heterocycles. The smallest absolute Gasteiger partial charge is 0.141 e. The lowest BCUT2D eigenvalue weighted by atomic mass is 10.0. The number of hydrogen-bond donors (Lipinski definition) is 0. The molecule has 0 amide bonds. The molecule has 2 atom stereocenters. The Morgan fingerprint density at radius 3 is 2.40 bits per heavy atom. The van der Waals surface area contributed by atoms with Crippen LogP contribution >= 0.6 is 0 Å². The SMILES string of the molecule is CC1(C)[C@H](C(=O)Cc2ccncc2)[C@H]1c1ccccc1. The Morgan fingerprint density at radius 1 is 1.10 bits per heavy atom. The molecule has 2 heteroatoms. The van der Waals surface area contributed by atoms with Gasteiger partial charge in [0.05, 0.1) is 0 Å². The van der Waals surface area contributed by atoms with Crippen LogP contribution in [0.2, 0.25) is 0 Å². The van der Waals surface area contributed by atoms with Gasteiger partial charge in [-0.2, -0.15) is 0 Å². The molecule has 3 rings (SSSR count). The zero-order chi connectivity index (χ0) is 14.2. The van der Waals surface area contributed by atoms with E-state index in [1.165, 1.54) is 5.56 Å². The molecule has 1 saturated carbocycles. The molecular weight excluding hydrogens is 246 g/mol. The van der Waals surface area contributed by atoms with E-state index in [-0.39, 0.29) is 11.3 Å². The highest BCUT2D eigenvalue weighted by molar-refractivity contribution is 5.88. The topological polar surface area (TPSA) is 30.0 Å². The average molecular weight is 265 g/mol. The summed E-state index contributed by atoms with van der Waals surface area (Å²) in [5.41, 5.74) is 2.41.